The molecule has 0 fully saturated rings. The molecule has 1 unspecified atom stereocenters. The van der Waals surface area contributed by atoms with Crippen LogP contribution in [0.1, 0.15) is 46.6 Å². The second-order valence-corrected chi connectivity index (χ2v) is 6.90. The summed E-state index contributed by atoms with van der Waals surface area (Å²) >= 11 is 1.88. The van der Waals surface area contributed by atoms with E-state index in [0.717, 1.165) is 18.2 Å². The number of rotatable bonds is 6. The highest BCUT2D eigenvalue weighted by Crippen LogP contribution is 2.23. The van der Waals surface area contributed by atoms with Gasteiger partial charge in [0, 0.05) is 24.0 Å². The van der Waals surface area contributed by atoms with Crippen LogP contribution in [0.2, 0.25) is 0 Å². The van der Waals surface area contributed by atoms with Crippen LogP contribution in [0.3, 0.4) is 0 Å². The van der Waals surface area contributed by atoms with E-state index in [1.54, 1.807) is 0 Å². The monoisotopic (exact) mass is 266 g/mol. The lowest BCUT2D eigenvalue weighted by Gasteiger charge is -2.21. The minimum atomic E-state index is 0.147. The van der Waals surface area contributed by atoms with E-state index >= 15 is 0 Å². The van der Waals surface area contributed by atoms with Gasteiger partial charge in [0.2, 0.25) is 0 Å². The van der Waals surface area contributed by atoms with Gasteiger partial charge in [0.05, 0.1) is 0 Å². The number of aromatic nitrogens is 1. The molecule has 102 valence electrons. The minimum Gasteiger partial charge on any atom is -0.308 e. The number of hydrogen-bond acceptors (Lipinski definition) is 3. The fourth-order valence-corrected chi connectivity index (χ4v) is 2.53. The van der Waals surface area contributed by atoms with Crippen molar-refractivity contribution in [3.63, 3.8) is 0 Å². The highest BCUT2D eigenvalue weighted by Gasteiger charge is 2.11. The van der Waals surface area contributed by atoms with Crippen molar-refractivity contribution < 1.29 is 0 Å². The summed E-state index contributed by atoms with van der Waals surface area (Å²) in [5, 5.41) is 4.70. The van der Waals surface area contributed by atoms with Crippen LogP contribution in [0.4, 0.5) is 0 Å². The Hall–Kier alpha value is -0.540. The van der Waals surface area contributed by atoms with E-state index in [9.17, 15) is 0 Å². The molecule has 3 heteroatoms. The second kappa shape index (κ2) is 7.15. The van der Waals surface area contributed by atoms with E-state index < -0.39 is 0 Å². The van der Waals surface area contributed by atoms with Crippen molar-refractivity contribution in [1.82, 2.24) is 10.3 Å². The van der Waals surface area contributed by atoms with Gasteiger partial charge < -0.3 is 5.32 Å². The molecule has 1 heterocycles. The number of pyridine rings is 1. The van der Waals surface area contributed by atoms with E-state index in [4.69, 9.17) is 0 Å². The molecule has 0 spiro atoms. The first-order valence-corrected chi connectivity index (χ1v) is 7.72. The molecule has 0 aliphatic carbocycles. The molecule has 1 N–H and O–H groups in total. The third-order valence-electron chi connectivity index (χ3n) is 2.86. The Labute approximate surface area is 116 Å². The molecule has 0 saturated heterocycles. The van der Waals surface area contributed by atoms with Gasteiger partial charge in [-0.2, -0.15) is 0 Å². The predicted molar refractivity (Wildman–Crippen MR) is 81.0 cm³/mol. The van der Waals surface area contributed by atoms with Crippen molar-refractivity contribution >= 4 is 11.8 Å². The van der Waals surface area contributed by atoms with Gasteiger partial charge in [-0.25, -0.2) is 4.98 Å². The fraction of sp³-hybridized carbons (Fsp3) is 0.667. The molecule has 1 atom stereocenters. The van der Waals surface area contributed by atoms with Crippen LogP contribution in [-0.2, 0) is 6.54 Å². The van der Waals surface area contributed by atoms with Gasteiger partial charge >= 0.3 is 0 Å². The first-order chi connectivity index (χ1) is 8.42. The first-order valence-electron chi connectivity index (χ1n) is 6.74. The van der Waals surface area contributed by atoms with Crippen molar-refractivity contribution in [3.8, 4) is 0 Å². The topological polar surface area (TPSA) is 24.9 Å². The van der Waals surface area contributed by atoms with Crippen LogP contribution in [0.15, 0.2) is 23.4 Å². The molecule has 1 rings (SSSR count). The fourth-order valence-electron chi connectivity index (χ4n) is 1.39. The van der Waals surface area contributed by atoms with E-state index in [-0.39, 0.29) is 5.54 Å². The Morgan fingerprint density at radius 3 is 2.72 bits per heavy atom. The normalized spacial score (nSPS) is 13.6. The highest BCUT2D eigenvalue weighted by molar-refractivity contribution is 7.99. The van der Waals surface area contributed by atoms with Crippen LogP contribution < -0.4 is 5.32 Å². The SMILES string of the molecule is CCC(C)CSc1ncccc1CNC(C)(C)C. The molecule has 1 aromatic heterocycles. The van der Waals surface area contributed by atoms with Crippen LogP contribution >= 0.6 is 11.8 Å². The second-order valence-electron chi connectivity index (χ2n) is 5.90. The lowest BCUT2D eigenvalue weighted by molar-refractivity contribution is 0.422. The zero-order valence-corrected chi connectivity index (χ0v) is 13.1. The number of hydrogen-bond donors (Lipinski definition) is 1. The number of nitrogens with one attached hydrogen (secondary N) is 1. The third kappa shape index (κ3) is 5.87. The molecule has 0 aromatic carbocycles. The molecule has 0 amide bonds. The smallest absolute Gasteiger partial charge is 0.100 e. The summed E-state index contributed by atoms with van der Waals surface area (Å²) in [4.78, 5) is 4.51. The molecule has 0 bridgehead atoms. The van der Waals surface area contributed by atoms with Gasteiger partial charge in [-0.3, -0.25) is 0 Å². The van der Waals surface area contributed by atoms with E-state index in [1.807, 2.05) is 24.0 Å². The summed E-state index contributed by atoms with van der Waals surface area (Å²) in [6.07, 6.45) is 3.12. The standard InChI is InChI=1S/C15H26N2S/c1-6-12(2)11-18-14-13(8-7-9-16-14)10-17-15(3,4)5/h7-9,12,17H,6,10-11H2,1-5H3. The Morgan fingerprint density at radius 2 is 2.11 bits per heavy atom. The van der Waals surface area contributed by atoms with Crippen molar-refractivity contribution in [2.75, 3.05) is 5.75 Å². The van der Waals surface area contributed by atoms with Gasteiger partial charge in [-0.15, -0.1) is 11.8 Å². The molecule has 18 heavy (non-hydrogen) atoms. The quantitative estimate of drug-likeness (QED) is 0.784. The molecule has 0 aliphatic heterocycles. The maximum Gasteiger partial charge on any atom is 0.100 e. The predicted octanol–water partition coefficient (Wildman–Crippen LogP) is 4.11. The van der Waals surface area contributed by atoms with Crippen molar-refractivity contribution in [2.45, 2.75) is 58.1 Å². The van der Waals surface area contributed by atoms with E-state index in [0.29, 0.717) is 0 Å². The average Bonchev–Trinajstić information content (AvgIpc) is 2.33. The Kier molecular flexibility index (Phi) is 6.16. The van der Waals surface area contributed by atoms with Crippen LogP contribution in [0, 0.1) is 5.92 Å². The van der Waals surface area contributed by atoms with E-state index in [1.165, 1.54) is 17.0 Å². The van der Waals surface area contributed by atoms with Gasteiger partial charge in [0.15, 0.2) is 0 Å². The summed E-state index contributed by atoms with van der Waals surface area (Å²) in [7, 11) is 0. The van der Waals surface area contributed by atoms with E-state index in [2.05, 4.69) is 51.0 Å². The summed E-state index contributed by atoms with van der Waals surface area (Å²) in [6.45, 7) is 12.0. The molecular formula is C15H26N2S. The maximum atomic E-state index is 4.51. The maximum absolute atomic E-state index is 4.51. The zero-order valence-electron chi connectivity index (χ0n) is 12.3. The van der Waals surface area contributed by atoms with Gasteiger partial charge in [-0.05, 0) is 38.3 Å². The zero-order chi connectivity index (χ0) is 13.6. The minimum absolute atomic E-state index is 0.147. The van der Waals surface area contributed by atoms with Gasteiger partial charge in [-0.1, -0.05) is 26.3 Å². The lowest BCUT2D eigenvalue weighted by Crippen LogP contribution is -2.35. The third-order valence-corrected chi connectivity index (χ3v) is 4.24. The Balaban J connectivity index is 2.62. The number of thioether (sulfide) groups is 1. The summed E-state index contributed by atoms with van der Waals surface area (Å²) < 4.78 is 0. The van der Waals surface area contributed by atoms with Crippen LogP contribution in [-0.4, -0.2) is 16.3 Å². The summed E-state index contributed by atoms with van der Waals surface area (Å²) in [5.41, 5.74) is 1.45. The Bertz CT molecular complexity index is 358. The van der Waals surface area contributed by atoms with Gasteiger partial charge in [0.25, 0.3) is 0 Å². The summed E-state index contributed by atoms with van der Waals surface area (Å²) in [5.74, 6) is 1.90. The molecule has 2 nitrogen and oxygen atoms in total. The highest BCUT2D eigenvalue weighted by atomic mass is 32.2. The van der Waals surface area contributed by atoms with Crippen LogP contribution in [0.25, 0.3) is 0 Å². The van der Waals surface area contributed by atoms with Gasteiger partial charge in [0.1, 0.15) is 5.03 Å². The molecular weight excluding hydrogens is 240 g/mol. The number of nitrogens with zero attached hydrogens (tertiary/aromatic N) is 1. The first kappa shape index (κ1) is 15.5. The summed E-state index contributed by atoms with van der Waals surface area (Å²) in [6, 6.07) is 4.19. The molecule has 1 aromatic rings. The molecule has 0 saturated carbocycles. The Morgan fingerprint density at radius 1 is 1.39 bits per heavy atom. The van der Waals surface area contributed by atoms with Crippen molar-refractivity contribution in [2.24, 2.45) is 5.92 Å². The molecule has 0 aliphatic rings. The largest absolute Gasteiger partial charge is 0.308 e. The van der Waals surface area contributed by atoms with Crippen molar-refractivity contribution in [1.29, 1.82) is 0 Å². The van der Waals surface area contributed by atoms with Crippen molar-refractivity contribution in [3.05, 3.63) is 23.9 Å². The lowest BCUT2D eigenvalue weighted by atomic mass is 10.1. The average molecular weight is 266 g/mol. The molecule has 0 radical (unpaired) electrons. The van der Waals surface area contributed by atoms with Crippen LogP contribution in [0.5, 0.6) is 0 Å².